The average molecular weight is 520 g/mol. The Bertz CT molecular complexity index is 1220. The molecule has 0 heterocycles. The minimum atomic E-state index is 0.385. The maximum Gasteiger partial charge on any atom is 0.0827 e. The van der Waals surface area contributed by atoms with E-state index in [0.717, 1.165) is 28.7 Å². The van der Waals surface area contributed by atoms with E-state index in [9.17, 15) is 0 Å². The normalized spacial score (nSPS) is 10.4. The van der Waals surface area contributed by atoms with Crippen LogP contribution in [0.1, 0.15) is 11.1 Å². The van der Waals surface area contributed by atoms with Crippen LogP contribution >= 0.6 is 46.4 Å². The van der Waals surface area contributed by atoms with E-state index >= 15 is 0 Å². The van der Waals surface area contributed by atoms with Crippen molar-refractivity contribution in [1.29, 1.82) is 0 Å². The fraction of sp³-hybridized carbons (Fsp3) is 0.0400. The third-order valence-electron chi connectivity index (χ3n) is 4.87. The molecule has 4 aromatic rings. The molecular formula is C25H22Cl4N4. The zero-order chi connectivity index (χ0) is 24.1. The van der Waals surface area contributed by atoms with Crippen LogP contribution in [0.5, 0.6) is 0 Å². The van der Waals surface area contributed by atoms with Gasteiger partial charge >= 0.3 is 0 Å². The predicted molar refractivity (Wildman–Crippen MR) is 145 cm³/mol. The molecule has 0 aromatic heterocycles. The molecule has 4 aromatic carbocycles. The smallest absolute Gasteiger partial charge is 0.0827 e. The second kappa shape index (κ2) is 10.9. The van der Waals surface area contributed by atoms with E-state index in [1.54, 1.807) is 18.2 Å². The predicted octanol–water partition coefficient (Wildman–Crippen LogP) is 7.57. The molecule has 0 aliphatic carbocycles. The van der Waals surface area contributed by atoms with Gasteiger partial charge in [0.1, 0.15) is 0 Å². The average Bonchev–Trinajstić information content (AvgIpc) is 2.79. The molecule has 0 aliphatic heterocycles. The maximum absolute atomic E-state index is 6.13. The van der Waals surface area contributed by atoms with E-state index < -0.39 is 0 Å². The molecule has 0 amide bonds. The molecule has 0 saturated heterocycles. The van der Waals surface area contributed by atoms with Crippen molar-refractivity contribution in [3.05, 3.63) is 104 Å². The van der Waals surface area contributed by atoms with Gasteiger partial charge in [-0.15, -0.1) is 0 Å². The van der Waals surface area contributed by atoms with Crippen LogP contribution in [-0.4, -0.2) is 0 Å². The first kappa shape index (κ1) is 24.9. The van der Waals surface area contributed by atoms with Gasteiger partial charge < -0.3 is 22.9 Å². The van der Waals surface area contributed by atoms with E-state index in [4.69, 9.17) is 69.3 Å². The molecule has 0 atom stereocenters. The topological polar surface area (TPSA) is 104 Å². The summed E-state index contributed by atoms with van der Waals surface area (Å²) in [5.74, 6) is 0. The van der Waals surface area contributed by atoms with Crippen LogP contribution in [0.15, 0.2) is 72.8 Å². The Morgan fingerprint density at radius 2 is 1.00 bits per heavy atom. The first-order valence-corrected chi connectivity index (χ1v) is 11.3. The van der Waals surface area contributed by atoms with E-state index in [-0.39, 0.29) is 0 Å². The molecule has 0 radical (unpaired) electrons. The first-order valence-electron chi connectivity index (χ1n) is 9.83. The highest BCUT2D eigenvalue weighted by Gasteiger charge is 2.09. The molecule has 8 heteroatoms. The summed E-state index contributed by atoms with van der Waals surface area (Å²) < 4.78 is 0. The van der Waals surface area contributed by atoms with Gasteiger partial charge in [0, 0.05) is 11.3 Å². The fourth-order valence-corrected chi connectivity index (χ4v) is 3.90. The third kappa shape index (κ3) is 6.40. The Kier molecular flexibility index (Phi) is 8.22. The number of rotatable bonds is 3. The second-order valence-electron chi connectivity index (χ2n) is 7.34. The molecule has 0 saturated carbocycles. The largest absolute Gasteiger partial charge is 0.399 e. The van der Waals surface area contributed by atoms with Gasteiger partial charge in [-0.05, 0) is 65.6 Å². The lowest BCUT2D eigenvalue weighted by Gasteiger charge is -2.08. The third-order valence-corrected chi connectivity index (χ3v) is 6.42. The van der Waals surface area contributed by atoms with Crippen LogP contribution in [0.3, 0.4) is 0 Å². The Labute approximate surface area is 213 Å². The lowest BCUT2D eigenvalue weighted by atomic mass is 10.0. The van der Waals surface area contributed by atoms with E-state index in [0.29, 0.717) is 42.8 Å². The molecule has 8 N–H and O–H groups in total. The molecule has 4 nitrogen and oxygen atoms in total. The van der Waals surface area contributed by atoms with Gasteiger partial charge in [0.15, 0.2) is 0 Å². The van der Waals surface area contributed by atoms with Gasteiger partial charge in [-0.25, -0.2) is 0 Å². The minimum Gasteiger partial charge on any atom is -0.399 e. The van der Waals surface area contributed by atoms with Gasteiger partial charge in [-0.2, -0.15) is 0 Å². The van der Waals surface area contributed by atoms with Crippen LogP contribution in [0, 0.1) is 0 Å². The number of hydrogen-bond acceptors (Lipinski definition) is 4. The molecule has 0 aliphatic rings. The van der Waals surface area contributed by atoms with Crippen molar-refractivity contribution < 1.29 is 0 Å². The van der Waals surface area contributed by atoms with Crippen molar-refractivity contribution in [2.75, 3.05) is 22.9 Å². The van der Waals surface area contributed by atoms with Crippen LogP contribution in [0.25, 0.3) is 11.1 Å². The standard InChI is InChI=1S/C13H12Cl2N2.C12H10Cl2N2/c14-10-6-8(1-3-12(10)16)5-9-2-4-13(17)11(15)7-9;13-11-9(5-6-10(16)12(11)14)7-1-3-8(15)4-2-7/h1-4,6-7H,5,16-17H2;1-6H,15-16H2. The highest BCUT2D eigenvalue weighted by molar-refractivity contribution is 6.45. The van der Waals surface area contributed by atoms with Gasteiger partial charge in [-0.1, -0.05) is 76.7 Å². The van der Waals surface area contributed by atoms with Crippen molar-refractivity contribution in [3.63, 3.8) is 0 Å². The van der Waals surface area contributed by atoms with Crippen LogP contribution in [-0.2, 0) is 6.42 Å². The van der Waals surface area contributed by atoms with Crippen molar-refractivity contribution in [1.82, 2.24) is 0 Å². The summed E-state index contributed by atoms with van der Waals surface area (Å²) in [7, 11) is 0. The minimum absolute atomic E-state index is 0.385. The summed E-state index contributed by atoms with van der Waals surface area (Å²) in [5.41, 5.74) is 28.9. The Morgan fingerprint density at radius 3 is 1.48 bits per heavy atom. The van der Waals surface area contributed by atoms with Crippen LogP contribution < -0.4 is 22.9 Å². The summed E-state index contributed by atoms with van der Waals surface area (Å²) in [6, 6.07) is 22.2. The first-order chi connectivity index (χ1) is 15.7. The van der Waals surface area contributed by atoms with Crippen LogP contribution in [0.2, 0.25) is 20.1 Å². The highest BCUT2D eigenvalue weighted by Crippen LogP contribution is 2.37. The highest BCUT2D eigenvalue weighted by atomic mass is 35.5. The van der Waals surface area contributed by atoms with Gasteiger partial charge in [-0.3, -0.25) is 0 Å². The molecule has 0 unspecified atom stereocenters. The monoisotopic (exact) mass is 518 g/mol. The van der Waals surface area contributed by atoms with E-state index in [1.807, 2.05) is 54.6 Å². The molecule has 0 fully saturated rings. The van der Waals surface area contributed by atoms with E-state index in [2.05, 4.69) is 0 Å². The number of anilines is 4. The fourth-order valence-electron chi connectivity index (χ4n) is 3.05. The van der Waals surface area contributed by atoms with Gasteiger partial charge in [0.25, 0.3) is 0 Å². The van der Waals surface area contributed by atoms with Crippen molar-refractivity contribution in [2.24, 2.45) is 0 Å². The molecule has 4 rings (SSSR count). The lowest BCUT2D eigenvalue weighted by molar-refractivity contribution is 1.19. The maximum atomic E-state index is 6.13. The quantitative estimate of drug-likeness (QED) is 0.209. The Hall–Kier alpha value is -2.76. The molecule has 170 valence electrons. The number of hydrogen-bond donors (Lipinski definition) is 4. The lowest BCUT2D eigenvalue weighted by Crippen LogP contribution is -1.93. The summed E-state index contributed by atoms with van der Waals surface area (Å²) >= 11 is 24.0. The molecule has 0 spiro atoms. The summed E-state index contributed by atoms with van der Waals surface area (Å²) in [6.45, 7) is 0. The van der Waals surface area contributed by atoms with Crippen LogP contribution in [0.4, 0.5) is 22.7 Å². The number of nitrogen functional groups attached to an aromatic ring is 4. The van der Waals surface area contributed by atoms with Gasteiger partial charge in [0.2, 0.25) is 0 Å². The van der Waals surface area contributed by atoms with Crippen molar-refractivity contribution in [2.45, 2.75) is 6.42 Å². The number of nitrogens with two attached hydrogens (primary N) is 4. The molecule has 0 bridgehead atoms. The summed E-state index contributed by atoms with van der Waals surface area (Å²) in [5, 5.41) is 2.00. The van der Waals surface area contributed by atoms with Crippen molar-refractivity contribution in [3.8, 4) is 11.1 Å². The van der Waals surface area contributed by atoms with Gasteiger partial charge in [0.05, 0.1) is 37.2 Å². The zero-order valence-corrected chi connectivity index (χ0v) is 20.5. The Morgan fingerprint density at radius 1 is 0.515 bits per heavy atom. The second-order valence-corrected chi connectivity index (χ2v) is 8.91. The molecular weight excluding hydrogens is 498 g/mol. The van der Waals surface area contributed by atoms with Crippen molar-refractivity contribution >= 4 is 69.2 Å². The van der Waals surface area contributed by atoms with E-state index in [1.165, 1.54) is 0 Å². The summed E-state index contributed by atoms with van der Waals surface area (Å²) in [6.07, 6.45) is 0.750. The molecule has 33 heavy (non-hydrogen) atoms. The SMILES string of the molecule is Nc1ccc(-c2ccc(N)c(Cl)c2Cl)cc1.Nc1ccc(Cc2ccc(N)c(Cl)c2)cc1Cl. The number of benzene rings is 4. The summed E-state index contributed by atoms with van der Waals surface area (Å²) in [4.78, 5) is 0. The Balaban J connectivity index is 0.000000186. The number of halogens is 4. The zero-order valence-electron chi connectivity index (χ0n) is 17.5.